The Morgan fingerprint density at radius 3 is 2.44 bits per heavy atom. The third kappa shape index (κ3) is 1.71. The van der Waals surface area contributed by atoms with E-state index >= 15 is 0 Å². The Morgan fingerprint density at radius 2 is 1.69 bits per heavy atom. The minimum absolute atomic E-state index is 0.472. The maximum absolute atomic E-state index is 2.46. The van der Waals surface area contributed by atoms with Gasteiger partial charge in [-0.15, -0.1) is 11.8 Å². The summed E-state index contributed by atoms with van der Waals surface area (Å²) in [5, 5.41) is 0. The van der Waals surface area contributed by atoms with Crippen LogP contribution in [-0.2, 0) is 0 Å². The lowest BCUT2D eigenvalue weighted by atomic mass is 9.80. The second-order valence-corrected chi connectivity index (χ2v) is 6.25. The number of hydrogen-bond donors (Lipinski definition) is 0. The van der Waals surface area contributed by atoms with E-state index in [0.29, 0.717) is 4.75 Å². The molecule has 0 N–H and O–H groups in total. The molecule has 2 aliphatic rings. The van der Waals surface area contributed by atoms with Crippen LogP contribution in [-0.4, -0.2) is 10.5 Å². The monoisotopic (exact) mass is 230 g/mol. The van der Waals surface area contributed by atoms with Crippen molar-refractivity contribution in [3.63, 3.8) is 0 Å². The molecule has 1 heterocycles. The summed E-state index contributed by atoms with van der Waals surface area (Å²) in [6.45, 7) is 0. The molecule has 0 atom stereocenters. The van der Waals surface area contributed by atoms with Crippen LogP contribution < -0.4 is 0 Å². The second-order valence-electron chi connectivity index (χ2n) is 4.85. The van der Waals surface area contributed by atoms with Crippen molar-refractivity contribution in [1.82, 2.24) is 0 Å². The van der Waals surface area contributed by atoms with Gasteiger partial charge in [0.25, 0.3) is 0 Å². The first kappa shape index (κ1) is 10.5. The molecule has 0 nitrogen and oxygen atoms in total. The molecule has 1 aliphatic heterocycles. The maximum Gasteiger partial charge on any atom is 0.0414 e. The van der Waals surface area contributed by atoms with Gasteiger partial charge in [-0.05, 0) is 24.0 Å². The van der Waals surface area contributed by atoms with Crippen LogP contribution in [0.25, 0.3) is 5.57 Å². The molecule has 1 aliphatic carbocycles. The van der Waals surface area contributed by atoms with E-state index in [0.717, 1.165) is 0 Å². The maximum atomic E-state index is 2.46. The number of benzene rings is 1. The molecule has 1 spiro atoms. The highest BCUT2D eigenvalue weighted by Gasteiger charge is 2.39. The summed E-state index contributed by atoms with van der Waals surface area (Å²) >= 11 is 2.18. The van der Waals surface area contributed by atoms with Crippen LogP contribution in [0.15, 0.2) is 36.4 Å². The Labute approximate surface area is 102 Å². The van der Waals surface area contributed by atoms with Crippen molar-refractivity contribution in [2.75, 3.05) is 5.75 Å². The van der Waals surface area contributed by atoms with Gasteiger partial charge in [0.05, 0.1) is 0 Å². The molecule has 1 aromatic rings. The standard InChI is InChI=1S/C15H18S/c1-3-7-13(8-4-1)14-9-12-16-15(14)10-5-2-6-11-15/h1,3-4,7-9H,2,5-6,10-12H2. The normalized spacial score (nSPS) is 23.4. The van der Waals surface area contributed by atoms with Gasteiger partial charge in [-0.25, -0.2) is 0 Å². The summed E-state index contributed by atoms with van der Waals surface area (Å²) in [4.78, 5) is 0. The van der Waals surface area contributed by atoms with Gasteiger partial charge < -0.3 is 0 Å². The highest BCUT2D eigenvalue weighted by Crippen LogP contribution is 2.52. The Hall–Kier alpha value is -0.690. The van der Waals surface area contributed by atoms with E-state index in [2.05, 4.69) is 48.2 Å². The quantitative estimate of drug-likeness (QED) is 0.683. The van der Waals surface area contributed by atoms with Crippen LogP contribution >= 0.6 is 11.8 Å². The van der Waals surface area contributed by atoms with E-state index in [1.807, 2.05) is 0 Å². The van der Waals surface area contributed by atoms with Crippen LogP contribution in [0.3, 0.4) is 0 Å². The average Bonchev–Trinajstić information content (AvgIpc) is 2.75. The van der Waals surface area contributed by atoms with Crippen LogP contribution in [0.1, 0.15) is 37.7 Å². The lowest BCUT2D eigenvalue weighted by Crippen LogP contribution is -2.27. The summed E-state index contributed by atoms with van der Waals surface area (Å²) < 4.78 is 0.472. The molecule has 0 aromatic heterocycles. The Morgan fingerprint density at radius 1 is 0.938 bits per heavy atom. The van der Waals surface area contributed by atoms with Gasteiger partial charge in [-0.2, -0.15) is 0 Å². The summed E-state index contributed by atoms with van der Waals surface area (Å²) in [6, 6.07) is 11.0. The van der Waals surface area contributed by atoms with E-state index in [4.69, 9.17) is 0 Å². The van der Waals surface area contributed by atoms with Crippen molar-refractivity contribution in [2.24, 2.45) is 0 Å². The highest BCUT2D eigenvalue weighted by atomic mass is 32.2. The lowest BCUT2D eigenvalue weighted by molar-refractivity contribution is 0.463. The molecule has 1 heteroatoms. The predicted octanol–water partition coefficient (Wildman–Crippen LogP) is 4.52. The molecule has 0 amide bonds. The molecule has 0 radical (unpaired) electrons. The molecule has 1 aromatic carbocycles. The zero-order valence-electron chi connectivity index (χ0n) is 9.61. The summed E-state index contributed by atoms with van der Waals surface area (Å²) in [7, 11) is 0. The van der Waals surface area contributed by atoms with Crippen molar-refractivity contribution in [3.05, 3.63) is 42.0 Å². The minimum atomic E-state index is 0.472. The third-order valence-corrected chi connectivity index (χ3v) is 5.40. The molecular formula is C15H18S. The van der Waals surface area contributed by atoms with Gasteiger partial charge in [0.15, 0.2) is 0 Å². The molecule has 16 heavy (non-hydrogen) atoms. The van der Waals surface area contributed by atoms with Gasteiger partial charge in [0, 0.05) is 10.5 Å². The zero-order valence-corrected chi connectivity index (χ0v) is 10.4. The fourth-order valence-corrected chi connectivity index (χ4v) is 4.59. The van der Waals surface area contributed by atoms with Crippen molar-refractivity contribution in [2.45, 2.75) is 36.9 Å². The molecule has 0 saturated heterocycles. The van der Waals surface area contributed by atoms with E-state index in [1.165, 1.54) is 43.4 Å². The first-order valence-corrected chi connectivity index (χ1v) is 7.29. The topological polar surface area (TPSA) is 0 Å². The van der Waals surface area contributed by atoms with Gasteiger partial charge in [-0.3, -0.25) is 0 Å². The molecule has 3 rings (SSSR count). The summed E-state index contributed by atoms with van der Waals surface area (Å²) in [5.74, 6) is 1.21. The van der Waals surface area contributed by atoms with Crippen LogP contribution in [0.2, 0.25) is 0 Å². The summed E-state index contributed by atoms with van der Waals surface area (Å²) in [6.07, 6.45) is 9.50. The highest BCUT2D eigenvalue weighted by molar-refractivity contribution is 8.01. The number of rotatable bonds is 1. The average molecular weight is 230 g/mol. The largest absolute Gasteiger partial charge is 0.146 e. The molecule has 1 fully saturated rings. The molecule has 0 bridgehead atoms. The molecule has 84 valence electrons. The van der Waals surface area contributed by atoms with Crippen molar-refractivity contribution in [3.8, 4) is 0 Å². The van der Waals surface area contributed by atoms with Crippen molar-refractivity contribution < 1.29 is 0 Å². The van der Waals surface area contributed by atoms with E-state index in [9.17, 15) is 0 Å². The van der Waals surface area contributed by atoms with Crippen LogP contribution in [0, 0.1) is 0 Å². The van der Waals surface area contributed by atoms with Crippen LogP contribution in [0.4, 0.5) is 0 Å². The first-order valence-electron chi connectivity index (χ1n) is 6.31. The fourth-order valence-electron chi connectivity index (χ4n) is 3.08. The smallest absolute Gasteiger partial charge is 0.0414 e. The van der Waals surface area contributed by atoms with Gasteiger partial charge in [-0.1, -0.05) is 55.7 Å². The lowest BCUT2D eigenvalue weighted by Gasteiger charge is -2.35. The van der Waals surface area contributed by atoms with Gasteiger partial charge in [0.1, 0.15) is 0 Å². The van der Waals surface area contributed by atoms with E-state index in [1.54, 1.807) is 5.57 Å². The zero-order chi connectivity index (χ0) is 10.8. The van der Waals surface area contributed by atoms with Crippen LogP contribution in [0.5, 0.6) is 0 Å². The second kappa shape index (κ2) is 4.29. The first-order chi connectivity index (χ1) is 7.91. The Kier molecular flexibility index (Phi) is 2.81. The van der Waals surface area contributed by atoms with E-state index < -0.39 is 0 Å². The SMILES string of the molecule is C1=C(c2ccccc2)C2(CCCCC2)SC1. The Balaban J connectivity index is 1.94. The van der Waals surface area contributed by atoms with Crippen molar-refractivity contribution in [1.29, 1.82) is 0 Å². The molecule has 1 saturated carbocycles. The Bertz CT molecular complexity index is 385. The third-order valence-electron chi connectivity index (χ3n) is 3.88. The molecular weight excluding hydrogens is 212 g/mol. The van der Waals surface area contributed by atoms with Gasteiger partial charge in [0.2, 0.25) is 0 Å². The minimum Gasteiger partial charge on any atom is -0.146 e. The molecule has 0 unspecified atom stereocenters. The predicted molar refractivity (Wildman–Crippen MR) is 72.7 cm³/mol. The number of thioether (sulfide) groups is 1. The summed E-state index contributed by atoms with van der Waals surface area (Å²) in [5.41, 5.74) is 3.08. The number of hydrogen-bond acceptors (Lipinski definition) is 1. The van der Waals surface area contributed by atoms with Crippen molar-refractivity contribution >= 4 is 17.3 Å². The fraction of sp³-hybridized carbons (Fsp3) is 0.467. The van der Waals surface area contributed by atoms with E-state index in [-0.39, 0.29) is 0 Å². The van der Waals surface area contributed by atoms with Gasteiger partial charge >= 0.3 is 0 Å².